The van der Waals surface area contributed by atoms with Crippen LogP contribution in [0.25, 0.3) is 11.7 Å². The van der Waals surface area contributed by atoms with Crippen LogP contribution in [0.4, 0.5) is 15.4 Å². The highest BCUT2D eigenvalue weighted by atomic mass is 35.5. The Morgan fingerprint density at radius 1 is 1.40 bits per heavy atom. The molecule has 2 aromatic heterocycles. The molecule has 10 nitrogen and oxygen atoms in total. The van der Waals surface area contributed by atoms with Gasteiger partial charge in [0.1, 0.15) is 16.7 Å². The zero-order chi connectivity index (χ0) is 17.7. The summed E-state index contributed by atoms with van der Waals surface area (Å²) < 4.78 is 1.35. The molecular weight excluding hydrogens is 352 g/mol. The van der Waals surface area contributed by atoms with Gasteiger partial charge in [-0.15, -0.1) is 0 Å². The fourth-order valence-corrected chi connectivity index (χ4v) is 2.80. The number of urea groups is 1. The van der Waals surface area contributed by atoms with Crippen molar-refractivity contribution < 1.29 is 19.5 Å². The molecule has 128 valence electrons. The van der Waals surface area contributed by atoms with Crippen molar-refractivity contribution in [3.63, 3.8) is 0 Å². The van der Waals surface area contributed by atoms with Crippen LogP contribution in [0.15, 0.2) is 18.0 Å². The maximum Gasteiger partial charge on any atom is 0.413 e. The first-order valence-electron chi connectivity index (χ1n) is 7.34. The second-order valence-corrected chi connectivity index (χ2v) is 6.01. The minimum absolute atomic E-state index is 0.0421. The Morgan fingerprint density at radius 3 is 2.76 bits per heavy atom. The van der Waals surface area contributed by atoms with Crippen molar-refractivity contribution in [2.75, 3.05) is 4.90 Å². The molecule has 4 amide bonds. The molecule has 0 bridgehead atoms. The van der Waals surface area contributed by atoms with Crippen LogP contribution in [-0.4, -0.2) is 43.8 Å². The van der Waals surface area contributed by atoms with Crippen LogP contribution in [0.5, 0.6) is 0 Å². The summed E-state index contributed by atoms with van der Waals surface area (Å²) in [4.78, 5) is 39.8. The van der Waals surface area contributed by atoms with Gasteiger partial charge in [-0.3, -0.25) is 15.0 Å². The minimum Gasteiger partial charge on any atom is -0.465 e. The average molecular weight is 363 g/mol. The molecule has 0 unspecified atom stereocenters. The van der Waals surface area contributed by atoms with Gasteiger partial charge in [0.2, 0.25) is 0 Å². The number of carbonyl (C=O) groups excluding carboxylic acids is 2. The molecule has 2 aliphatic rings. The van der Waals surface area contributed by atoms with Gasteiger partial charge in [-0.2, -0.15) is 9.61 Å². The predicted octanol–water partition coefficient (Wildman–Crippen LogP) is 1.21. The molecule has 2 aromatic rings. The number of rotatable bonds is 3. The Kier molecular flexibility index (Phi) is 3.35. The molecular formula is C14H11ClN6O4. The molecule has 1 aliphatic heterocycles. The number of amides is 4. The van der Waals surface area contributed by atoms with E-state index in [0.717, 1.165) is 12.8 Å². The maximum atomic E-state index is 11.7. The summed E-state index contributed by atoms with van der Waals surface area (Å²) in [6.45, 7) is 0. The van der Waals surface area contributed by atoms with Crippen LogP contribution in [-0.2, 0) is 4.79 Å². The molecule has 0 atom stereocenters. The summed E-state index contributed by atoms with van der Waals surface area (Å²) in [6, 6.07) is 0.685. The third-order valence-corrected chi connectivity index (χ3v) is 4.03. The third-order valence-electron chi connectivity index (χ3n) is 3.83. The lowest BCUT2D eigenvalue weighted by Gasteiger charge is -2.19. The first-order valence-corrected chi connectivity index (χ1v) is 7.72. The second kappa shape index (κ2) is 5.45. The monoisotopic (exact) mass is 362 g/mol. The molecule has 0 radical (unpaired) electrons. The number of carboxylic acid groups (broad SMARTS) is 1. The summed E-state index contributed by atoms with van der Waals surface area (Å²) >= 11 is 6.05. The first-order chi connectivity index (χ1) is 11.9. The number of nitrogens with zero attached hydrogens (tertiary/aromatic N) is 4. The van der Waals surface area contributed by atoms with Crippen molar-refractivity contribution in [2.45, 2.75) is 18.9 Å². The summed E-state index contributed by atoms with van der Waals surface area (Å²) in [5, 5.41) is 18.2. The zero-order valence-corrected chi connectivity index (χ0v) is 13.3. The topological polar surface area (TPSA) is 129 Å². The van der Waals surface area contributed by atoms with Crippen molar-refractivity contribution >= 4 is 47.2 Å². The lowest BCUT2D eigenvalue weighted by Crippen LogP contribution is -2.33. The van der Waals surface area contributed by atoms with Gasteiger partial charge in [0, 0.05) is 17.7 Å². The van der Waals surface area contributed by atoms with Gasteiger partial charge in [0.05, 0.1) is 6.20 Å². The highest BCUT2D eigenvalue weighted by Crippen LogP contribution is 2.33. The normalized spacial score (nSPS) is 18.5. The molecule has 1 saturated carbocycles. The number of hydrogen-bond acceptors (Lipinski definition) is 5. The molecule has 1 saturated heterocycles. The number of nitrogens with one attached hydrogen (secondary N) is 2. The lowest BCUT2D eigenvalue weighted by molar-refractivity contribution is -0.115. The van der Waals surface area contributed by atoms with Gasteiger partial charge in [0.25, 0.3) is 5.91 Å². The predicted molar refractivity (Wildman–Crippen MR) is 86.2 cm³/mol. The number of anilines is 1. The Hall–Kier alpha value is -3.14. The fourth-order valence-electron chi connectivity index (χ4n) is 2.62. The minimum atomic E-state index is -1.11. The van der Waals surface area contributed by atoms with Crippen LogP contribution in [0, 0.1) is 0 Å². The van der Waals surface area contributed by atoms with Crippen LogP contribution in [0.1, 0.15) is 18.4 Å². The van der Waals surface area contributed by atoms with Crippen LogP contribution < -0.4 is 15.5 Å². The molecule has 3 N–H and O–H groups in total. The van der Waals surface area contributed by atoms with Crippen LogP contribution in [0.2, 0.25) is 5.15 Å². The largest absolute Gasteiger partial charge is 0.465 e. The Labute approximate surface area is 145 Å². The molecule has 0 aromatic carbocycles. The number of aromatic nitrogens is 3. The standard InChI is InChI=1S/C14H11ClN6O4/c15-9-4-10(20(14(24)25)7-1-2-7)21-11(18-9)6(5-16-21)3-8-12(22)19-13(23)17-8/h3-5,7H,1-2H2,(H,24,25)(H2,17,19,22,23). The van der Waals surface area contributed by atoms with E-state index in [4.69, 9.17) is 11.6 Å². The quantitative estimate of drug-likeness (QED) is 0.427. The van der Waals surface area contributed by atoms with E-state index in [0.29, 0.717) is 5.56 Å². The number of imide groups is 1. The maximum absolute atomic E-state index is 11.7. The number of hydrogen-bond donors (Lipinski definition) is 3. The Morgan fingerprint density at radius 2 is 2.16 bits per heavy atom. The third kappa shape index (κ3) is 2.66. The SMILES string of the molecule is O=C1NC(=O)C(=Cc2cnn3c(N(C(=O)O)C4CC4)cc(Cl)nc23)N1. The highest BCUT2D eigenvalue weighted by Gasteiger charge is 2.36. The van der Waals surface area contributed by atoms with E-state index < -0.39 is 18.0 Å². The van der Waals surface area contributed by atoms with Crippen molar-refractivity contribution in [3.8, 4) is 0 Å². The summed E-state index contributed by atoms with van der Waals surface area (Å²) in [5.74, 6) is -0.300. The Bertz CT molecular complexity index is 964. The van der Waals surface area contributed by atoms with E-state index in [-0.39, 0.29) is 28.4 Å². The van der Waals surface area contributed by atoms with Gasteiger partial charge in [-0.05, 0) is 18.9 Å². The zero-order valence-electron chi connectivity index (χ0n) is 12.6. The van der Waals surface area contributed by atoms with Gasteiger partial charge in [-0.1, -0.05) is 11.6 Å². The smallest absolute Gasteiger partial charge is 0.413 e. The summed E-state index contributed by atoms with van der Waals surface area (Å²) in [7, 11) is 0. The highest BCUT2D eigenvalue weighted by molar-refractivity contribution is 6.29. The van der Waals surface area contributed by atoms with Gasteiger partial charge >= 0.3 is 12.1 Å². The Balaban J connectivity index is 1.84. The van der Waals surface area contributed by atoms with E-state index in [1.54, 1.807) is 0 Å². The molecule has 11 heteroatoms. The summed E-state index contributed by atoms with van der Waals surface area (Å²) in [6.07, 6.45) is 3.23. The van der Waals surface area contributed by atoms with E-state index >= 15 is 0 Å². The van der Waals surface area contributed by atoms with Gasteiger partial charge in [-0.25, -0.2) is 14.6 Å². The van der Waals surface area contributed by atoms with E-state index in [1.165, 1.54) is 27.8 Å². The fraction of sp³-hybridized carbons (Fsp3) is 0.214. The van der Waals surface area contributed by atoms with Gasteiger partial charge in [0.15, 0.2) is 5.65 Å². The van der Waals surface area contributed by atoms with Crippen molar-refractivity contribution in [2.24, 2.45) is 0 Å². The van der Waals surface area contributed by atoms with Crippen molar-refractivity contribution in [3.05, 3.63) is 28.7 Å². The van der Waals surface area contributed by atoms with E-state index in [2.05, 4.69) is 20.7 Å². The van der Waals surface area contributed by atoms with E-state index in [1.807, 2.05) is 0 Å². The first kappa shape index (κ1) is 15.4. The average Bonchev–Trinajstić information content (AvgIpc) is 3.19. The molecule has 25 heavy (non-hydrogen) atoms. The molecule has 0 spiro atoms. The van der Waals surface area contributed by atoms with Crippen molar-refractivity contribution in [1.82, 2.24) is 25.2 Å². The van der Waals surface area contributed by atoms with E-state index in [9.17, 15) is 19.5 Å². The molecule has 4 rings (SSSR count). The second-order valence-electron chi connectivity index (χ2n) is 5.62. The number of carbonyl (C=O) groups is 3. The summed E-state index contributed by atoms with van der Waals surface area (Å²) in [5.41, 5.74) is 0.730. The number of halogens is 1. The molecule has 3 heterocycles. The van der Waals surface area contributed by atoms with Crippen LogP contribution >= 0.6 is 11.6 Å². The molecule has 2 fully saturated rings. The number of fused-ring (bicyclic) bond motifs is 1. The van der Waals surface area contributed by atoms with Gasteiger partial charge < -0.3 is 10.4 Å². The van der Waals surface area contributed by atoms with Crippen LogP contribution in [0.3, 0.4) is 0 Å². The molecule has 1 aliphatic carbocycles. The lowest BCUT2D eigenvalue weighted by atomic mass is 10.2. The van der Waals surface area contributed by atoms with Crippen molar-refractivity contribution in [1.29, 1.82) is 0 Å².